The summed E-state index contributed by atoms with van der Waals surface area (Å²) < 4.78 is 6.44. The van der Waals surface area contributed by atoms with E-state index < -0.39 is 0 Å². The van der Waals surface area contributed by atoms with E-state index in [1.54, 1.807) is 0 Å². The third-order valence-corrected chi connectivity index (χ3v) is 7.06. The summed E-state index contributed by atoms with van der Waals surface area (Å²) in [5, 5.41) is 6.67. The largest absolute Gasteiger partial charge is 0.457 e. The molecule has 1 saturated heterocycles. The van der Waals surface area contributed by atoms with Crippen LogP contribution >= 0.6 is 22.9 Å². The highest BCUT2D eigenvalue weighted by molar-refractivity contribution is 7.12. The first kappa shape index (κ1) is 21.2. The number of carbonyl (C=O) groups excluding carboxylic acids is 1. The van der Waals surface area contributed by atoms with Crippen molar-refractivity contribution in [2.24, 2.45) is 0 Å². The highest BCUT2D eigenvalue weighted by atomic mass is 35.5. The van der Waals surface area contributed by atoms with Gasteiger partial charge >= 0.3 is 0 Å². The van der Waals surface area contributed by atoms with Gasteiger partial charge in [-0.25, -0.2) is 0 Å². The van der Waals surface area contributed by atoms with Crippen molar-refractivity contribution in [2.75, 3.05) is 38.5 Å². The number of halogens is 1. The number of nitrogens with zero attached hydrogens (tertiary/aromatic N) is 2. The Hall–Kier alpha value is -2.64. The van der Waals surface area contributed by atoms with Gasteiger partial charge in [0.05, 0.1) is 16.6 Å². The van der Waals surface area contributed by atoms with Gasteiger partial charge in [-0.1, -0.05) is 41.9 Å². The minimum Gasteiger partial charge on any atom is -0.457 e. The Morgan fingerprint density at radius 3 is 2.50 bits per heavy atom. The molecule has 7 heteroatoms. The van der Waals surface area contributed by atoms with Crippen LogP contribution < -0.4 is 5.32 Å². The van der Waals surface area contributed by atoms with Crippen LogP contribution in [-0.2, 0) is 0 Å². The zero-order valence-corrected chi connectivity index (χ0v) is 19.3. The van der Waals surface area contributed by atoms with Gasteiger partial charge in [0.15, 0.2) is 0 Å². The molecule has 1 aliphatic heterocycles. The number of piperazine rings is 1. The summed E-state index contributed by atoms with van der Waals surface area (Å²) in [5.74, 6) is 0.629. The molecule has 0 saturated carbocycles. The fourth-order valence-corrected chi connectivity index (χ4v) is 4.97. The Kier molecular flexibility index (Phi) is 6.02. The topological polar surface area (TPSA) is 48.7 Å². The molecule has 1 amide bonds. The molecule has 2 aromatic carbocycles. The molecule has 3 heterocycles. The summed E-state index contributed by atoms with van der Waals surface area (Å²) in [6.07, 6.45) is 0. The van der Waals surface area contributed by atoms with Crippen molar-refractivity contribution < 1.29 is 9.21 Å². The lowest BCUT2D eigenvalue weighted by atomic mass is 10.00. The summed E-state index contributed by atoms with van der Waals surface area (Å²) in [4.78, 5) is 18.4. The number of para-hydroxylation sites is 1. The smallest absolute Gasteiger partial charge is 0.265 e. The second kappa shape index (κ2) is 9.08. The van der Waals surface area contributed by atoms with Crippen molar-refractivity contribution >= 4 is 45.5 Å². The van der Waals surface area contributed by atoms with Gasteiger partial charge < -0.3 is 14.6 Å². The van der Waals surface area contributed by atoms with Crippen molar-refractivity contribution in [1.29, 1.82) is 0 Å². The molecule has 32 heavy (non-hydrogen) atoms. The fraction of sp³-hybridized carbons (Fsp3) is 0.240. The van der Waals surface area contributed by atoms with Gasteiger partial charge in [0.25, 0.3) is 5.91 Å². The van der Waals surface area contributed by atoms with Crippen molar-refractivity contribution in [2.45, 2.75) is 6.04 Å². The summed E-state index contributed by atoms with van der Waals surface area (Å²) in [5.41, 5.74) is 2.58. The van der Waals surface area contributed by atoms with Crippen molar-refractivity contribution in [3.8, 4) is 0 Å². The maximum atomic E-state index is 13.0. The first-order valence-corrected chi connectivity index (χ1v) is 11.9. The van der Waals surface area contributed by atoms with Gasteiger partial charge in [-0.3, -0.25) is 9.69 Å². The number of fused-ring (bicyclic) bond motifs is 1. The van der Waals surface area contributed by atoms with Crippen molar-refractivity contribution in [3.63, 3.8) is 0 Å². The van der Waals surface area contributed by atoms with Crippen LogP contribution in [0.1, 0.15) is 27.0 Å². The number of likely N-dealkylation sites (N-methyl/N-ethyl adjacent to an activating group) is 1. The van der Waals surface area contributed by atoms with Crippen molar-refractivity contribution in [1.82, 2.24) is 9.80 Å². The molecule has 1 aliphatic rings. The van der Waals surface area contributed by atoms with Gasteiger partial charge in [-0.15, -0.1) is 11.3 Å². The van der Waals surface area contributed by atoms with E-state index >= 15 is 0 Å². The maximum absolute atomic E-state index is 13.0. The van der Waals surface area contributed by atoms with Gasteiger partial charge in [-0.05, 0) is 48.3 Å². The second-order valence-corrected chi connectivity index (χ2v) is 9.45. The molecule has 1 atom stereocenters. The number of benzene rings is 2. The number of anilines is 1. The molecule has 1 N–H and O–H groups in total. The molecule has 5 nitrogen and oxygen atoms in total. The zero-order chi connectivity index (χ0) is 22.1. The average Bonchev–Trinajstić information content (AvgIpc) is 3.46. The Morgan fingerprint density at radius 2 is 1.78 bits per heavy atom. The number of hydrogen-bond donors (Lipinski definition) is 1. The van der Waals surface area contributed by atoms with Crippen LogP contribution in [0, 0.1) is 0 Å². The van der Waals surface area contributed by atoms with Crippen LogP contribution in [0.3, 0.4) is 0 Å². The molecular formula is C25H24ClN3O2S. The predicted molar refractivity (Wildman–Crippen MR) is 131 cm³/mol. The fourth-order valence-electron chi connectivity index (χ4n) is 4.22. The number of nitrogens with one attached hydrogen (secondary N) is 1. The molecule has 5 rings (SSSR count). The van der Waals surface area contributed by atoms with Gasteiger partial charge in [0, 0.05) is 36.6 Å². The lowest BCUT2D eigenvalue weighted by molar-refractivity contribution is 0.102. The monoisotopic (exact) mass is 465 g/mol. The summed E-state index contributed by atoms with van der Waals surface area (Å²) in [6.45, 7) is 3.75. The van der Waals surface area contributed by atoms with Crippen LogP contribution in [-0.4, -0.2) is 48.9 Å². The standard InChI is InChI=1S/C25H24ClN3O2S/c1-28-12-14-29(15-13-28)23(17-8-10-18(26)11-9-17)24-22(19-5-2-3-6-20(19)31-24)27-25(30)21-7-4-16-32-21/h2-11,16,23H,12-15H2,1H3,(H,27,30)/t23-/m0/s1. The minimum atomic E-state index is -0.132. The van der Waals surface area contributed by atoms with Crippen LogP contribution in [0.25, 0.3) is 11.0 Å². The Balaban J connectivity index is 1.63. The van der Waals surface area contributed by atoms with Crippen LogP contribution in [0.4, 0.5) is 5.69 Å². The highest BCUT2D eigenvalue weighted by Crippen LogP contribution is 2.41. The maximum Gasteiger partial charge on any atom is 0.265 e. The molecule has 2 aromatic heterocycles. The molecule has 0 spiro atoms. The van der Waals surface area contributed by atoms with E-state index in [1.807, 2.05) is 66.0 Å². The summed E-state index contributed by atoms with van der Waals surface area (Å²) in [7, 11) is 2.14. The first-order valence-electron chi connectivity index (χ1n) is 10.6. The van der Waals surface area contributed by atoms with E-state index in [-0.39, 0.29) is 11.9 Å². The number of rotatable bonds is 5. The number of amides is 1. The number of furan rings is 1. The Bertz CT molecular complexity index is 1210. The van der Waals surface area contributed by atoms with Crippen LogP contribution in [0.5, 0.6) is 0 Å². The predicted octanol–water partition coefficient (Wildman–Crippen LogP) is 5.74. The third kappa shape index (κ3) is 4.19. The molecule has 4 aromatic rings. The van der Waals surface area contributed by atoms with Crippen molar-refractivity contribution in [3.05, 3.63) is 87.3 Å². The quantitative estimate of drug-likeness (QED) is 0.408. The van der Waals surface area contributed by atoms with Crippen LogP contribution in [0.15, 0.2) is 70.5 Å². The number of hydrogen-bond acceptors (Lipinski definition) is 5. The molecule has 0 aliphatic carbocycles. The van der Waals surface area contributed by atoms with E-state index in [4.69, 9.17) is 16.0 Å². The molecule has 164 valence electrons. The van der Waals surface area contributed by atoms with E-state index in [0.29, 0.717) is 9.90 Å². The lowest BCUT2D eigenvalue weighted by Crippen LogP contribution is -2.46. The normalized spacial score (nSPS) is 16.3. The van der Waals surface area contributed by atoms with E-state index in [0.717, 1.165) is 54.2 Å². The Morgan fingerprint density at radius 1 is 1.03 bits per heavy atom. The summed E-state index contributed by atoms with van der Waals surface area (Å²) in [6, 6.07) is 19.4. The lowest BCUT2D eigenvalue weighted by Gasteiger charge is -2.37. The summed E-state index contributed by atoms with van der Waals surface area (Å²) >= 11 is 7.61. The minimum absolute atomic E-state index is 0.124. The second-order valence-electron chi connectivity index (χ2n) is 8.06. The van der Waals surface area contributed by atoms with Crippen LogP contribution in [0.2, 0.25) is 5.02 Å². The Labute approximate surface area is 196 Å². The SMILES string of the molecule is CN1CCN([C@@H](c2ccc(Cl)cc2)c2oc3ccccc3c2NC(=O)c2cccs2)CC1. The zero-order valence-electron chi connectivity index (χ0n) is 17.8. The molecular weight excluding hydrogens is 442 g/mol. The number of thiophene rings is 1. The number of carbonyl (C=O) groups is 1. The third-order valence-electron chi connectivity index (χ3n) is 5.94. The van der Waals surface area contributed by atoms with E-state index in [2.05, 4.69) is 22.2 Å². The average molecular weight is 466 g/mol. The molecule has 0 unspecified atom stereocenters. The first-order chi connectivity index (χ1) is 15.6. The highest BCUT2D eigenvalue weighted by Gasteiger charge is 2.32. The molecule has 1 fully saturated rings. The van der Waals surface area contributed by atoms with Gasteiger partial charge in [-0.2, -0.15) is 0 Å². The van der Waals surface area contributed by atoms with E-state index in [9.17, 15) is 4.79 Å². The van der Waals surface area contributed by atoms with Gasteiger partial charge in [0.1, 0.15) is 11.3 Å². The van der Waals surface area contributed by atoms with E-state index in [1.165, 1.54) is 11.3 Å². The molecule has 0 bridgehead atoms. The van der Waals surface area contributed by atoms with Gasteiger partial charge in [0.2, 0.25) is 0 Å². The molecule has 0 radical (unpaired) electrons.